The molecule has 5 nitrogen and oxygen atoms in total. The molecule has 0 bridgehead atoms. The van der Waals surface area contributed by atoms with Gasteiger partial charge in [-0.15, -0.1) is 0 Å². The van der Waals surface area contributed by atoms with Crippen LogP contribution in [0.5, 0.6) is 0 Å². The summed E-state index contributed by atoms with van der Waals surface area (Å²) in [6, 6.07) is -0.819. The third-order valence-electron chi connectivity index (χ3n) is 12.0. The number of allylic oxidation sites excluding steroid dienone is 5. The highest BCUT2D eigenvalue weighted by atomic mass is 16.3. The van der Waals surface area contributed by atoms with E-state index in [1.54, 1.807) is 6.08 Å². The lowest BCUT2D eigenvalue weighted by molar-refractivity contribution is -0.131. The molecule has 3 unspecified atom stereocenters. The molecule has 0 radical (unpaired) electrons. The highest BCUT2D eigenvalue weighted by molar-refractivity contribution is 5.80. The van der Waals surface area contributed by atoms with Gasteiger partial charge in [-0.1, -0.05) is 262 Å². The lowest BCUT2D eigenvalue weighted by Gasteiger charge is -2.21. The average molecular weight is 816 g/mol. The topological polar surface area (TPSA) is 89.8 Å². The summed E-state index contributed by atoms with van der Waals surface area (Å²) in [5.74, 6) is -0.513. The predicted octanol–water partition coefficient (Wildman–Crippen LogP) is 15.5. The van der Waals surface area contributed by atoms with Crippen LogP contribution in [0.25, 0.3) is 0 Å². The zero-order valence-corrected chi connectivity index (χ0v) is 38.9. The van der Waals surface area contributed by atoms with Gasteiger partial charge in [0.25, 0.3) is 0 Å². The van der Waals surface area contributed by atoms with E-state index in [1.165, 1.54) is 205 Å². The quantitative estimate of drug-likeness (QED) is 0.0364. The van der Waals surface area contributed by atoms with Gasteiger partial charge >= 0.3 is 0 Å². The first-order chi connectivity index (χ1) is 28.6. The second-order valence-electron chi connectivity index (χ2n) is 17.7. The van der Waals surface area contributed by atoms with Crippen molar-refractivity contribution in [2.24, 2.45) is 0 Å². The van der Waals surface area contributed by atoms with Crippen molar-refractivity contribution in [1.82, 2.24) is 5.32 Å². The number of hydrogen-bond donors (Lipinski definition) is 4. The molecule has 3 atom stereocenters. The maximum absolute atomic E-state index is 12.5. The van der Waals surface area contributed by atoms with Gasteiger partial charge in [0.2, 0.25) is 5.91 Å². The molecule has 5 heteroatoms. The predicted molar refractivity (Wildman–Crippen MR) is 254 cm³/mol. The largest absolute Gasteiger partial charge is 0.394 e. The van der Waals surface area contributed by atoms with Crippen molar-refractivity contribution < 1.29 is 20.1 Å². The number of nitrogens with one attached hydrogen (secondary N) is 1. The maximum Gasteiger partial charge on any atom is 0.249 e. The van der Waals surface area contributed by atoms with Crippen molar-refractivity contribution in [2.45, 2.75) is 289 Å². The molecule has 0 aromatic carbocycles. The fourth-order valence-corrected chi connectivity index (χ4v) is 7.92. The Labute approximate surface area is 362 Å². The normalized spacial score (nSPS) is 13.7. The van der Waals surface area contributed by atoms with Crippen LogP contribution in [0.2, 0.25) is 0 Å². The highest BCUT2D eigenvalue weighted by Crippen LogP contribution is 2.17. The first kappa shape index (κ1) is 56.6. The van der Waals surface area contributed by atoms with Crippen LogP contribution in [0.4, 0.5) is 0 Å². The molecule has 58 heavy (non-hydrogen) atoms. The third-order valence-corrected chi connectivity index (χ3v) is 12.0. The van der Waals surface area contributed by atoms with Gasteiger partial charge in [0.1, 0.15) is 6.10 Å². The Morgan fingerprint density at radius 1 is 0.414 bits per heavy atom. The smallest absolute Gasteiger partial charge is 0.249 e. The van der Waals surface area contributed by atoms with E-state index in [0.717, 1.165) is 44.9 Å². The van der Waals surface area contributed by atoms with Crippen LogP contribution in [0.15, 0.2) is 36.5 Å². The maximum atomic E-state index is 12.5. The van der Waals surface area contributed by atoms with Crippen LogP contribution >= 0.6 is 0 Å². The third kappa shape index (κ3) is 42.7. The summed E-state index contributed by atoms with van der Waals surface area (Å²) in [6.45, 7) is 4.19. The van der Waals surface area contributed by atoms with Crippen molar-refractivity contribution in [3.63, 3.8) is 0 Å². The summed E-state index contributed by atoms with van der Waals surface area (Å²) in [5, 5.41) is 33.3. The van der Waals surface area contributed by atoms with Crippen molar-refractivity contribution >= 4 is 5.91 Å². The van der Waals surface area contributed by atoms with E-state index < -0.39 is 24.2 Å². The Morgan fingerprint density at radius 3 is 1.05 bits per heavy atom. The fraction of sp³-hybridized carbons (Fsp3) is 0.868. The molecular formula is C53H101NO4. The minimum absolute atomic E-state index is 0.379. The minimum atomic E-state index is -1.11. The van der Waals surface area contributed by atoms with Gasteiger partial charge in [0, 0.05) is 0 Å². The number of unbranched alkanes of at least 4 members (excludes halogenated alkanes) is 35. The Balaban J connectivity index is 3.64. The Kier molecular flexibility index (Phi) is 47.0. The van der Waals surface area contributed by atoms with E-state index in [2.05, 4.69) is 43.5 Å². The van der Waals surface area contributed by atoms with Crippen molar-refractivity contribution in [2.75, 3.05) is 6.61 Å². The average Bonchev–Trinajstić information content (AvgIpc) is 3.23. The van der Waals surface area contributed by atoms with Gasteiger partial charge in [-0.2, -0.15) is 0 Å². The zero-order valence-electron chi connectivity index (χ0n) is 38.9. The molecule has 0 aromatic rings. The molecule has 0 rings (SSSR count). The molecule has 0 heterocycles. The standard InChI is InChI=1S/C53H101NO4/c1-3-5-7-9-11-13-15-17-19-21-23-25-26-27-28-30-32-34-36-38-40-42-44-46-48-52(57)53(58)54-50(49-55)51(56)47-45-43-41-39-37-35-33-31-29-24-22-20-18-16-14-12-10-8-6-4-2/h29,31,37,39,45,47,50-52,55-57H,3-28,30,32-36,38,40-44,46,48-49H2,1-2H3,(H,54,58)/b31-29+,39-37+,47-45+. The molecular weight excluding hydrogens is 715 g/mol. The lowest BCUT2D eigenvalue weighted by atomic mass is 10.0. The summed E-state index contributed by atoms with van der Waals surface area (Å²) in [4.78, 5) is 12.5. The number of amides is 1. The Morgan fingerprint density at radius 2 is 0.707 bits per heavy atom. The molecule has 0 fully saturated rings. The van der Waals surface area contributed by atoms with Gasteiger partial charge in [-0.25, -0.2) is 0 Å². The molecule has 0 aliphatic heterocycles. The van der Waals surface area contributed by atoms with Gasteiger partial charge in [-0.05, 0) is 44.9 Å². The van der Waals surface area contributed by atoms with Crippen LogP contribution in [0, 0.1) is 0 Å². The monoisotopic (exact) mass is 816 g/mol. The molecule has 4 N–H and O–H groups in total. The van der Waals surface area contributed by atoms with E-state index in [-0.39, 0.29) is 6.61 Å². The van der Waals surface area contributed by atoms with Crippen LogP contribution in [-0.2, 0) is 4.79 Å². The first-order valence-corrected chi connectivity index (χ1v) is 25.8. The summed E-state index contributed by atoms with van der Waals surface area (Å²) >= 11 is 0. The van der Waals surface area contributed by atoms with Crippen molar-refractivity contribution in [1.29, 1.82) is 0 Å². The molecule has 0 aromatic heterocycles. The molecule has 0 spiro atoms. The molecule has 1 amide bonds. The molecule has 342 valence electrons. The summed E-state index contributed by atoms with van der Waals surface area (Å²) < 4.78 is 0. The zero-order chi connectivity index (χ0) is 42.3. The van der Waals surface area contributed by atoms with Crippen molar-refractivity contribution in [3.05, 3.63) is 36.5 Å². The summed E-state index contributed by atoms with van der Waals surface area (Å²) in [7, 11) is 0. The van der Waals surface area contributed by atoms with Crippen LogP contribution in [-0.4, -0.2) is 46.1 Å². The number of aliphatic hydroxyl groups excluding tert-OH is 3. The van der Waals surface area contributed by atoms with E-state index in [1.807, 2.05) is 6.08 Å². The lowest BCUT2D eigenvalue weighted by Crippen LogP contribution is -2.48. The van der Waals surface area contributed by atoms with Gasteiger partial charge in [-0.3, -0.25) is 4.79 Å². The van der Waals surface area contributed by atoms with E-state index in [0.29, 0.717) is 6.42 Å². The second-order valence-corrected chi connectivity index (χ2v) is 17.7. The fourth-order valence-electron chi connectivity index (χ4n) is 7.92. The molecule has 0 aliphatic rings. The van der Waals surface area contributed by atoms with Crippen molar-refractivity contribution in [3.8, 4) is 0 Å². The van der Waals surface area contributed by atoms with E-state index >= 15 is 0 Å². The van der Waals surface area contributed by atoms with Crippen LogP contribution in [0.3, 0.4) is 0 Å². The number of hydrogen-bond acceptors (Lipinski definition) is 4. The number of aliphatic hydroxyl groups is 3. The number of carbonyl (C=O) groups is 1. The summed E-state index contributed by atoms with van der Waals surface area (Å²) in [5.41, 5.74) is 0. The SMILES string of the molecule is CCCCCCCCCCCC/C=C/CC/C=C/CC/C=C/C(O)C(CO)NC(=O)C(O)CCCCCCCCCCCCCCCCCCCCCCCCCC. The van der Waals surface area contributed by atoms with Gasteiger partial charge < -0.3 is 20.6 Å². The number of carbonyl (C=O) groups excluding carboxylic acids is 1. The minimum Gasteiger partial charge on any atom is -0.394 e. The Hall–Kier alpha value is -1.43. The molecule has 0 aliphatic carbocycles. The van der Waals surface area contributed by atoms with E-state index in [4.69, 9.17) is 0 Å². The van der Waals surface area contributed by atoms with E-state index in [9.17, 15) is 20.1 Å². The second kappa shape index (κ2) is 48.2. The van der Waals surface area contributed by atoms with Crippen LogP contribution in [0.1, 0.15) is 271 Å². The number of rotatable bonds is 47. The highest BCUT2D eigenvalue weighted by Gasteiger charge is 2.22. The van der Waals surface area contributed by atoms with Gasteiger partial charge in [0.15, 0.2) is 0 Å². The molecule has 0 saturated heterocycles. The van der Waals surface area contributed by atoms with Crippen LogP contribution < -0.4 is 5.32 Å². The molecule has 0 saturated carbocycles. The first-order valence-electron chi connectivity index (χ1n) is 25.8. The summed E-state index contributed by atoms with van der Waals surface area (Å²) in [6.07, 6.45) is 62.0. The Bertz CT molecular complexity index is 901. The van der Waals surface area contributed by atoms with Gasteiger partial charge in [0.05, 0.1) is 18.8 Å².